The molecule has 2 aliphatic heterocycles. The summed E-state index contributed by atoms with van der Waals surface area (Å²) in [6.45, 7) is 1.55. The highest BCUT2D eigenvalue weighted by Gasteiger charge is 2.38. The Morgan fingerprint density at radius 3 is 2.26 bits per heavy atom. The maximum absolute atomic E-state index is 15.2. The molecule has 2 aromatic rings. The van der Waals surface area contributed by atoms with Crippen LogP contribution in [0.1, 0.15) is 24.0 Å². The first-order valence-corrected chi connectivity index (χ1v) is 10.9. The highest BCUT2D eigenvalue weighted by atomic mass is 19.1. The number of carbonyl (C=O) groups is 1. The van der Waals surface area contributed by atoms with Gasteiger partial charge in [0.1, 0.15) is 11.5 Å². The van der Waals surface area contributed by atoms with Crippen molar-refractivity contribution in [3.63, 3.8) is 0 Å². The van der Waals surface area contributed by atoms with E-state index in [0.717, 1.165) is 36.9 Å². The van der Waals surface area contributed by atoms with Gasteiger partial charge in [-0.25, -0.2) is 18.6 Å². The van der Waals surface area contributed by atoms with E-state index in [0.29, 0.717) is 22.5 Å². The fourth-order valence-corrected chi connectivity index (χ4v) is 4.62. The monoisotopic (exact) mass is 474 g/mol. The van der Waals surface area contributed by atoms with E-state index in [-0.39, 0.29) is 29.8 Å². The number of nitrogens with zero attached hydrogens (tertiary/aromatic N) is 4. The van der Waals surface area contributed by atoms with Crippen molar-refractivity contribution in [3.8, 4) is 11.5 Å². The number of ether oxygens (including phenoxy) is 2. The Morgan fingerprint density at radius 2 is 1.71 bits per heavy atom. The normalized spacial score (nSPS) is 17.1. The molecule has 9 nitrogen and oxygen atoms in total. The van der Waals surface area contributed by atoms with Gasteiger partial charge in [0, 0.05) is 36.5 Å². The molecule has 0 radical (unpaired) electrons. The molecule has 11 heteroatoms. The standard InChI is InChI=1S/C23H28F2N6O3/c1-29-7-5-12(6-8-29)19(26)16-20-13(10-28-22(16)27)11-31(23(32)30(20)2)21-17(24)14(33-3)9-15(34-4)18(21)25/h9-10,12,26H,5-8,11H2,1-4H3,(H2,27,28). The van der Waals surface area contributed by atoms with E-state index in [1.165, 1.54) is 32.4 Å². The van der Waals surface area contributed by atoms with Gasteiger partial charge in [0.15, 0.2) is 23.1 Å². The summed E-state index contributed by atoms with van der Waals surface area (Å²) >= 11 is 0. The van der Waals surface area contributed by atoms with Gasteiger partial charge in [-0.3, -0.25) is 9.80 Å². The number of nitrogen functional groups attached to an aromatic ring is 1. The van der Waals surface area contributed by atoms with Crippen LogP contribution in [0, 0.1) is 23.0 Å². The third-order valence-electron chi connectivity index (χ3n) is 6.55. The molecule has 1 aromatic heterocycles. The molecule has 0 bridgehead atoms. The quantitative estimate of drug-likeness (QED) is 0.644. The molecule has 1 fully saturated rings. The maximum Gasteiger partial charge on any atom is 0.329 e. The van der Waals surface area contributed by atoms with Crippen molar-refractivity contribution in [3.05, 3.63) is 35.0 Å². The van der Waals surface area contributed by atoms with Crippen molar-refractivity contribution in [2.45, 2.75) is 19.4 Å². The number of amides is 2. The minimum Gasteiger partial charge on any atom is -0.493 e. The summed E-state index contributed by atoms with van der Waals surface area (Å²) in [5, 5.41) is 8.87. The number of hydrogen-bond acceptors (Lipinski definition) is 7. The molecule has 182 valence electrons. The molecule has 2 amide bonds. The highest BCUT2D eigenvalue weighted by Crippen LogP contribution is 2.42. The van der Waals surface area contributed by atoms with E-state index in [4.69, 9.17) is 20.6 Å². The number of urea groups is 1. The van der Waals surface area contributed by atoms with Crippen molar-refractivity contribution in [2.24, 2.45) is 5.92 Å². The van der Waals surface area contributed by atoms with Gasteiger partial charge in [-0.05, 0) is 33.0 Å². The van der Waals surface area contributed by atoms with E-state index < -0.39 is 23.4 Å². The lowest BCUT2D eigenvalue weighted by Crippen LogP contribution is -2.47. The molecule has 3 N–H and O–H groups in total. The van der Waals surface area contributed by atoms with Crippen LogP contribution in [-0.4, -0.2) is 63.0 Å². The van der Waals surface area contributed by atoms with Crippen LogP contribution in [0.2, 0.25) is 0 Å². The SMILES string of the molecule is COc1cc(OC)c(F)c(N2Cc3cnc(N)c(C(=N)C4CCN(C)CC4)c3N(C)C2=O)c1F. The van der Waals surface area contributed by atoms with Gasteiger partial charge in [-0.2, -0.15) is 0 Å². The Bertz CT molecular complexity index is 1120. The largest absolute Gasteiger partial charge is 0.493 e. The minimum atomic E-state index is -1.02. The number of halogens is 2. The molecule has 4 rings (SSSR count). The number of methoxy groups -OCH3 is 2. The molecule has 1 saturated heterocycles. The summed E-state index contributed by atoms with van der Waals surface area (Å²) in [4.78, 5) is 22.1. The Balaban J connectivity index is 1.79. The van der Waals surface area contributed by atoms with E-state index in [9.17, 15) is 4.79 Å². The highest BCUT2D eigenvalue weighted by molar-refractivity contribution is 6.15. The zero-order chi connectivity index (χ0) is 24.7. The van der Waals surface area contributed by atoms with Crippen molar-refractivity contribution >= 4 is 28.9 Å². The Labute approximate surface area is 196 Å². The lowest BCUT2D eigenvalue weighted by molar-refractivity contribution is 0.250. The zero-order valence-electron chi connectivity index (χ0n) is 19.6. The molecule has 1 aromatic carbocycles. The summed E-state index contributed by atoms with van der Waals surface area (Å²) in [5.74, 6) is -2.42. The van der Waals surface area contributed by atoms with E-state index >= 15 is 8.78 Å². The molecular weight excluding hydrogens is 446 g/mol. The summed E-state index contributed by atoms with van der Waals surface area (Å²) in [5.41, 5.74) is 7.28. The van der Waals surface area contributed by atoms with Gasteiger partial charge in [0.25, 0.3) is 0 Å². The number of likely N-dealkylation sites (tertiary alicyclic amines) is 1. The van der Waals surface area contributed by atoms with Gasteiger partial charge in [0.05, 0.1) is 32.0 Å². The van der Waals surface area contributed by atoms with Crippen molar-refractivity contribution < 1.29 is 23.0 Å². The zero-order valence-corrected chi connectivity index (χ0v) is 19.6. The number of nitrogens with two attached hydrogens (primary N) is 1. The van der Waals surface area contributed by atoms with Crippen LogP contribution < -0.4 is 25.0 Å². The molecule has 2 aliphatic rings. The molecule has 0 atom stereocenters. The number of pyridine rings is 1. The van der Waals surface area contributed by atoms with Crippen molar-refractivity contribution in [1.29, 1.82) is 5.41 Å². The fourth-order valence-electron chi connectivity index (χ4n) is 4.62. The summed E-state index contributed by atoms with van der Waals surface area (Å²) in [6, 6.07) is 0.410. The lowest BCUT2D eigenvalue weighted by atomic mass is 9.86. The van der Waals surface area contributed by atoms with Gasteiger partial charge in [-0.15, -0.1) is 0 Å². The number of hydrogen-bond donors (Lipinski definition) is 2. The fraction of sp³-hybridized carbons (Fsp3) is 0.435. The second-order valence-electron chi connectivity index (χ2n) is 8.57. The van der Waals surface area contributed by atoms with E-state index in [1.54, 1.807) is 0 Å². The van der Waals surface area contributed by atoms with Crippen LogP contribution in [0.3, 0.4) is 0 Å². The van der Waals surface area contributed by atoms with Crippen molar-refractivity contribution in [2.75, 3.05) is 56.9 Å². The second kappa shape index (κ2) is 9.05. The number of anilines is 3. The third kappa shape index (κ3) is 3.79. The van der Waals surface area contributed by atoms with Gasteiger partial charge in [-0.1, -0.05) is 0 Å². The van der Waals surface area contributed by atoms with E-state index in [1.807, 2.05) is 7.05 Å². The average Bonchev–Trinajstić information content (AvgIpc) is 2.82. The first kappa shape index (κ1) is 23.7. The number of aromatic nitrogens is 1. The maximum atomic E-state index is 15.2. The van der Waals surface area contributed by atoms with Crippen LogP contribution in [0.4, 0.5) is 30.8 Å². The molecule has 0 saturated carbocycles. The number of benzene rings is 1. The first-order valence-electron chi connectivity index (χ1n) is 10.9. The Kier molecular flexibility index (Phi) is 6.30. The molecule has 0 aliphatic carbocycles. The van der Waals surface area contributed by atoms with Crippen LogP contribution >= 0.6 is 0 Å². The summed E-state index contributed by atoms with van der Waals surface area (Å²) < 4.78 is 40.3. The lowest BCUT2D eigenvalue weighted by Gasteiger charge is -2.37. The summed E-state index contributed by atoms with van der Waals surface area (Å²) in [6.07, 6.45) is 3.06. The Morgan fingerprint density at radius 1 is 1.12 bits per heavy atom. The molecular formula is C23H28F2N6O3. The van der Waals surface area contributed by atoms with Crippen LogP contribution in [0.5, 0.6) is 11.5 Å². The number of nitrogens with one attached hydrogen (secondary N) is 1. The molecule has 0 spiro atoms. The predicted molar refractivity (Wildman–Crippen MR) is 125 cm³/mol. The van der Waals surface area contributed by atoms with Gasteiger partial charge < -0.3 is 25.5 Å². The molecule has 34 heavy (non-hydrogen) atoms. The van der Waals surface area contributed by atoms with E-state index in [2.05, 4.69) is 9.88 Å². The van der Waals surface area contributed by atoms with Crippen LogP contribution in [-0.2, 0) is 6.54 Å². The smallest absolute Gasteiger partial charge is 0.329 e. The molecule has 0 unspecified atom stereocenters. The second-order valence-corrected chi connectivity index (χ2v) is 8.57. The number of piperidine rings is 1. The topological polar surface area (TPSA) is 108 Å². The van der Waals surface area contributed by atoms with Gasteiger partial charge in [0.2, 0.25) is 0 Å². The predicted octanol–water partition coefficient (Wildman–Crippen LogP) is 3.25. The number of rotatable bonds is 5. The number of fused-ring (bicyclic) bond motifs is 1. The number of carbonyl (C=O) groups excluding carboxylic acids is 1. The van der Waals surface area contributed by atoms with Crippen molar-refractivity contribution in [1.82, 2.24) is 9.88 Å². The minimum absolute atomic E-state index is 0.0223. The average molecular weight is 475 g/mol. The van der Waals surface area contributed by atoms with Crippen LogP contribution in [0.15, 0.2) is 12.3 Å². The molecule has 3 heterocycles. The third-order valence-corrected chi connectivity index (χ3v) is 6.55. The first-order chi connectivity index (χ1) is 16.2. The Hall–Kier alpha value is -3.47. The van der Waals surface area contributed by atoms with Gasteiger partial charge >= 0.3 is 6.03 Å². The summed E-state index contributed by atoms with van der Waals surface area (Å²) in [7, 11) is 6.01. The van der Waals surface area contributed by atoms with Crippen LogP contribution in [0.25, 0.3) is 0 Å².